The first kappa shape index (κ1) is 16.8. The quantitative estimate of drug-likeness (QED) is 0.723. The average Bonchev–Trinajstić information content (AvgIpc) is 2.42. The second-order valence-electron chi connectivity index (χ2n) is 4.37. The van der Waals surface area contributed by atoms with Gasteiger partial charge in [-0.2, -0.15) is 0 Å². The number of methoxy groups -OCH3 is 2. The van der Waals surface area contributed by atoms with E-state index in [-0.39, 0.29) is 12.5 Å². The molecular weight excluding hydrogens is 280 g/mol. The van der Waals surface area contributed by atoms with Crippen molar-refractivity contribution in [3.8, 4) is 5.75 Å². The first-order valence-corrected chi connectivity index (χ1v) is 6.80. The monoisotopic (exact) mass is 300 g/mol. The highest BCUT2D eigenvalue weighted by atomic mass is 35.5. The molecule has 1 aromatic carbocycles. The zero-order chi connectivity index (χ0) is 15.0. The lowest BCUT2D eigenvalue weighted by Gasteiger charge is -2.12. The second-order valence-corrected chi connectivity index (χ2v) is 4.78. The van der Waals surface area contributed by atoms with Gasteiger partial charge in [0.1, 0.15) is 5.75 Å². The van der Waals surface area contributed by atoms with Crippen molar-refractivity contribution in [1.82, 2.24) is 5.32 Å². The summed E-state index contributed by atoms with van der Waals surface area (Å²) in [5, 5.41) is 6.46. The summed E-state index contributed by atoms with van der Waals surface area (Å²) in [6.45, 7) is 3.53. The van der Waals surface area contributed by atoms with Crippen LogP contribution in [0.3, 0.4) is 0 Å². The van der Waals surface area contributed by atoms with Crippen LogP contribution in [0.5, 0.6) is 5.75 Å². The molecule has 0 saturated heterocycles. The first-order valence-electron chi connectivity index (χ1n) is 6.42. The fourth-order valence-electron chi connectivity index (χ4n) is 1.67. The summed E-state index contributed by atoms with van der Waals surface area (Å²) in [6, 6.07) is 3.49. The smallest absolute Gasteiger partial charge is 0.238 e. The van der Waals surface area contributed by atoms with Gasteiger partial charge in [-0.1, -0.05) is 11.6 Å². The molecule has 5 nitrogen and oxygen atoms in total. The van der Waals surface area contributed by atoms with E-state index in [0.29, 0.717) is 23.1 Å². The molecule has 1 rings (SSSR count). The number of halogens is 1. The number of ether oxygens (including phenoxy) is 2. The normalized spacial score (nSPS) is 10.4. The molecule has 0 aliphatic carbocycles. The molecule has 0 fully saturated rings. The van der Waals surface area contributed by atoms with Crippen molar-refractivity contribution in [1.29, 1.82) is 0 Å². The van der Waals surface area contributed by atoms with Crippen LogP contribution in [0.2, 0.25) is 5.02 Å². The highest BCUT2D eigenvalue weighted by Crippen LogP contribution is 2.30. The minimum atomic E-state index is -0.123. The molecule has 112 valence electrons. The highest BCUT2D eigenvalue weighted by Gasteiger charge is 2.10. The van der Waals surface area contributed by atoms with Gasteiger partial charge >= 0.3 is 0 Å². The maximum absolute atomic E-state index is 11.8. The van der Waals surface area contributed by atoms with E-state index in [1.165, 1.54) is 0 Å². The Balaban J connectivity index is 2.51. The van der Waals surface area contributed by atoms with Crippen LogP contribution >= 0.6 is 11.6 Å². The van der Waals surface area contributed by atoms with Crippen LogP contribution in [-0.4, -0.2) is 39.8 Å². The molecule has 20 heavy (non-hydrogen) atoms. The van der Waals surface area contributed by atoms with Gasteiger partial charge < -0.3 is 20.1 Å². The van der Waals surface area contributed by atoms with Gasteiger partial charge in [-0.05, 0) is 31.5 Å². The van der Waals surface area contributed by atoms with E-state index in [0.717, 1.165) is 18.5 Å². The largest absolute Gasteiger partial charge is 0.495 e. The van der Waals surface area contributed by atoms with Gasteiger partial charge in [-0.25, -0.2) is 0 Å². The molecule has 6 heteroatoms. The average molecular weight is 301 g/mol. The Kier molecular flexibility index (Phi) is 7.36. The lowest BCUT2D eigenvalue weighted by Crippen LogP contribution is -2.29. The third-order valence-corrected chi connectivity index (χ3v) is 3.15. The molecule has 0 aromatic heterocycles. The van der Waals surface area contributed by atoms with Crippen molar-refractivity contribution in [3.05, 3.63) is 22.7 Å². The summed E-state index contributed by atoms with van der Waals surface area (Å²) in [4.78, 5) is 11.8. The summed E-state index contributed by atoms with van der Waals surface area (Å²) in [7, 11) is 3.20. The Morgan fingerprint density at radius 3 is 2.75 bits per heavy atom. The fourth-order valence-corrected chi connectivity index (χ4v) is 1.82. The van der Waals surface area contributed by atoms with E-state index in [2.05, 4.69) is 10.6 Å². The van der Waals surface area contributed by atoms with E-state index >= 15 is 0 Å². The van der Waals surface area contributed by atoms with Crippen molar-refractivity contribution in [2.75, 3.05) is 39.2 Å². The third-order valence-electron chi connectivity index (χ3n) is 2.74. The Morgan fingerprint density at radius 2 is 2.10 bits per heavy atom. The first-order chi connectivity index (χ1) is 9.58. The Bertz CT molecular complexity index is 452. The number of hydrogen-bond donors (Lipinski definition) is 2. The molecule has 0 aliphatic rings. The van der Waals surface area contributed by atoms with Crippen LogP contribution in [-0.2, 0) is 9.53 Å². The van der Waals surface area contributed by atoms with Gasteiger partial charge in [-0.3, -0.25) is 4.79 Å². The number of rotatable bonds is 8. The molecular formula is C14H21ClN2O3. The number of aryl methyl sites for hydroxylation is 1. The summed E-state index contributed by atoms with van der Waals surface area (Å²) in [6.07, 6.45) is 0.868. The van der Waals surface area contributed by atoms with Crippen LogP contribution in [0.1, 0.15) is 12.0 Å². The highest BCUT2D eigenvalue weighted by molar-refractivity contribution is 6.31. The van der Waals surface area contributed by atoms with Crippen molar-refractivity contribution in [2.24, 2.45) is 0 Å². The summed E-state index contributed by atoms with van der Waals surface area (Å²) < 4.78 is 10.1. The topological polar surface area (TPSA) is 59.6 Å². The minimum absolute atomic E-state index is 0.123. The number of carbonyl (C=O) groups excluding carboxylic acids is 1. The molecule has 2 N–H and O–H groups in total. The summed E-state index contributed by atoms with van der Waals surface area (Å²) in [5.74, 6) is 0.427. The Hall–Kier alpha value is -1.30. The summed E-state index contributed by atoms with van der Waals surface area (Å²) >= 11 is 6.02. The number of nitrogens with one attached hydrogen (secondary N) is 2. The SMILES string of the molecule is COCCCNCC(=O)Nc1cc(C)c(Cl)cc1OC. The van der Waals surface area contributed by atoms with Gasteiger partial charge in [0.2, 0.25) is 5.91 Å². The third kappa shape index (κ3) is 5.36. The number of anilines is 1. The molecule has 0 aliphatic heterocycles. The van der Waals surface area contributed by atoms with Crippen LogP contribution in [0.25, 0.3) is 0 Å². The molecule has 0 unspecified atom stereocenters. The van der Waals surface area contributed by atoms with Crippen LogP contribution in [0, 0.1) is 6.92 Å². The number of amides is 1. The van der Waals surface area contributed by atoms with E-state index < -0.39 is 0 Å². The van der Waals surface area contributed by atoms with Crippen LogP contribution in [0.15, 0.2) is 12.1 Å². The molecule has 1 amide bonds. The number of carbonyl (C=O) groups is 1. The van der Waals surface area contributed by atoms with Gasteiger partial charge in [0.25, 0.3) is 0 Å². The standard InChI is InChI=1S/C14H21ClN2O3/c1-10-7-12(13(20-3)8-11(10)15)17-14(18)9-16-5-4-6-19-2/h7-8,16H,4-6,9H2,1-3H3,(H,17,18). The Labute approximate surface area is 124 Å². The molecule has 0 atom stereocenters. The molecule has 0 saturated carbocycles. The van der Waals surface area contributed by atoms with Crippen molar-refractivity contribution >= 4 is 23.2 Å². The molecule has 0 bridgehead atoms. The summed E-state index contributed by atoms with van der Waals surface area (Å²) in [5.41, 5.74) is 1.51. The Morgan fingerprint density at radius 1 is 1.35 bits per heavy atom. The predicted octanol–water partition coefficient (Wildman–Crippen LogP) is 2.22. The molecule has 0 heterocycles. The lowest BCUT2D eigenvalue weighted by atomic mass is 10.2. The maximum Gasteiger partial charge on any atom is 0.238 e. The maximum atomic E-state index is 11.8. The van der Waals surface area contributed by atoms with Crippen molar-refractivity contribution in [2.45, 2.75) is 13.3 Å². The number of hydrogen-bond acceptors (Lipinski definition) is 4. The minimum Gasteiger partial charge on any atom is -0.495 e. The number of benzene rings is 1. The molecule has 0 spiro atoms. The van der Waals surface area contributed by atoms with E-state index in [4.69, 9.17) is 21.1 Å². The lowest BCUT2D eigenvalue weighted by molar-refractivity contribution is -0.115. The molecule has 1 aromatic rings. The van der Waals surface area contributed by atoms with E-state index in [1.807, 2.05) is 6.92 Å². The van der Waals surface area contributed by atoms with E-state index in [1.54, 1.807) is 26.4 Å². The second kappa shape index (κ2) is 8.79. The zero-order valence-electron chi connectivity index (χ0n) is 12.1. The van der Waals surface area contributed by atoms with Crippen molar-refractivity contribution < 1.29 is 14.3 Å². The van der Waals surface area contributed by atoms with Crippen molar-refractivity contribution in [3.63, 3.8) is 0 Å². The predicted molar refractivity (Wildman–Crippen MR) is 80.7 cm³/mol. The fraction of sp³-hybridized carbons (Fsp3) is 0.500. The van der Waals surface area contributed by atoms with Gasteiger partial charge in [0, 0.05) is 24.8 Å². The van der Waals surface area contributed by atoms with Crippen LogP contribution in [0.4, 0.5) is 5.69 Å². The van der Waals surface area contributed by atoms with Crippen LogP contribution < -0.4 is 15.4 Å². The van der Waals surface area contributed by atoms with Gasteiger partial charge in [-0.15, -0.1) is 0 Å². The van der Waals surface area contributed by atoms with Gasteiger partial charge in [0.05, 0.1) is 19.3 Å². The van der Waals surface area contributed by atoms with Gasteiger partial charge in [0.15, 0.2) is 0 Å². The van der Waals surface area contributed by atoms with E-state index in [9.17, 15) is 4.79 Å². The molecule has 0 radical (unpaired) electrons. The zero-order valence-corrected chi connectivity index (χ0v) is 12.8.